The molecule has 0 saturated carbocycles. The molecule has 0 aliphatic rings. The fourth-order valence-corrected chi connectivity index (χ4v) is 2.03. The Labute approximate surface area is 129 Å². The van der Waals surface area contributed by atoms with Crippen LogP contribution >= 0.6 is 11.6 Å². The molecule has 0 bridgehead atoms. The molecule has 0 amide bonds. The van der Waals surface area contributed by atoms with Gasteiger partial charge in [-0.1, -0.05) is 29.8 Å². The van der Waals surface area contributed by atoms with Crippen LogP contribution in [-0.2, 0) is 10.9 Å². The molecule has 0 aliphatic carbocycles. The van der Waals surface area contributed by atoms with Crippen molar-refractivity contribution in [1.29, 1.82) is 0 Å². The summed E-state index contributed by atoms with van der Waals surface area (Å²) in [5, 5.41) is -0.574. The highest BCUT2D eigenvalue weighted by molar-refractivity contribution is 6.33. The summed E-state index contributed by atoms with van der Waals surface area (Å²) in [5.74, 6) is -0.817. The Bertz CT molecular complexity index is 699. The number of methoxy groups -OCH3 is 1. The van der Waals surface area contributed by atoms with Crippen LogP contribution in [0, 0.1) is 0 Å². The highest BCUT2D eigenvalue weighted by atomic mass is 35.5. The Morgan fingerprint density at radius 2 is 1.68 bits per heavy atom. The predicted molar refractivity (Wildman–Crippen MR) is 74.3 cm³/mol. The Kier molecular flexibility index (Phi) is 4.61. The summed E-state index contributed by atoms with van der Waals surface area (Å²) in [4.78, 5) is 11.6. The number of carbonyl (C=O) groups excluding carboxylic acids is 1. The van der Waals surface area contributed by atoms with Gasteiger partial charge in [0, 0.05) is 0 Å². The molecule has 0 heterocycles. The summed E-state index contributed by atoms with van der Waals surface area (Å²) in [7, 11) is 1.19. The summed E-state index contributed by atoms with van der Waals surface area (Å²) in [5.41, 5.74) is -0.930. The number of alkyl halides is 3. The van der Waals surface area contributed by atoms with Crippen LogP contribution in [0.4, 0.5) is 13.2 Å². The Balaban J connectivity index is 2.43. The zero-order valence-corrected chi connectivity index (χ0v) is 12.0. The monoisotopic (exact) mass is 330 g/mol. The second kappa shape index (κ2) is 6.27. The van der Waals surface area contributed by atoms with Gasteiger partial charge in [0.05, 0.1) is 17.7 Å². The van der Waals surface area contributed by atoms with E-state index in [-0.39, 0.29) is 17.1 Å². The number of rotatable bonds is 3. The van der Waals surface area contributed by atoms with Gasteiger partial charge in [0.15, 0.2) is 0 Å². The van der Waals surface area contributed by atoms with E-state index in [4.69, 9.17) is 16.3 Å². The Hall–Kier alpha value is -2.21. The van der Waals surface area contributed by atoms with E-state index >= 15 is 0 Å². The van der Waals surface area contributed by atoms with Gasteiger partial charge in [-0.25, -0.2) is 4.79 Å². The van der Waals surface area contributed by atoms with Gasteiger partial charge in [-0.15, -0.1) is 0 Å². The van der Waals surface area contributed by atoms with Crippen molar-refractivity contribution in [3.05, 3.63) is 58.6 Å². The first-order chi connectivity index (χ1) is 10.3. The molecule has 3 nitrogen and oxygen atoms in total. The van der Waals surface area contributed by atoms with E-state index in [1.165, 1.54) is 31.4 Å². The molecule has 0 aliphatic heterocycles. The molecule has 0 unspecified atom stereocenters. The van der Waals surface area contributed by atoms with Gasteiger partial charge in [0.25, 0.3) is 0 Å². The molecule has 116 valence electrons. The van der Waals surface area contributed by atoms with Gasteiger partial charge in [-0.05, 0) is 24.3 Å². The lowest BCUT2D eigenvalue weighted by molar-refractivity contribution is -0.137. The largest absolute Gasteiger partial charge is 0.465 e. The molecular formula is C15H10ClF3O3. The SMILES string of the molecule is COC(=O)c1ccccc1Oc1cccc(C(F)(F)F)c1Cl. The number of benzene rings is 2. The van der Waals surface area contributed by atoms with Crippen molar-refractivity contribution in [2.75, 3.05) is 7.11 Å². The predicted octanol–water partition coefficient (Wildman–Crippen LogP) is 4.94. The van der Waals surface area contributed by atoms with Crippen molar-refractivity contribution in [2.24, 2.45) is 0 Å². The average molecular weight is 331 g/mol. The average Bonchev–Trinajstić information content (AvgIpc) is 2.48. The highest BCUT2D eigenvalue weighted by Gasteiger charge is 2.34. The maximum Gasteiger partial charge on any atom is 0.417 e. The van der Waals surface area contributed by atoms with Gasteiger partial charge in [-0.3, -0.25) is 0 Å². The minimum Gasteiger partial charge on any atom is -0.465 e. The zero-order chi connectivity index (χ0) is 16.3. The van der Waals surface area contributed by atoms with E-state index in [9.17, 15) is 18.0 Å². The molecule has 0 N–H and O–H groups in total. The van der Waals surface area contributed by atoms with Gasteiger partial charge in [0.2, 0.25) is 0 Å². The fraction of sp³-hybridized carbons (Fsp3) is 0.133. The third-order valence-corrected chi connectivity index (χ3v) is 3.17. The molecule has 0 atom stereocenters. The maximum absolute atomic E-state index is 12.8. The van der Waals surface area contributed by atoms with Gasteiger partial charge < -0.3 is 9.47 Å². The van der Waals surface area contributed by atoms with Crippen molar-refractivity contribution in [3.63, 3.8) is 0 Å². The van der Waals surface area contributed by atoms with E-state index in [1.54, 1.807) is 12.1 Å². The molecule has 22 heavy (non-hydrogen) atoms. The van der Waals surface area contributed by atoms with Crippen LogP contribution in [0.3, 0.4) is 0 Å². The minimum absolute atomic E-state index is 0.0515. The van der Waals surface area contributed by atoms with E-state index in [0.29, 0.717) is 0 Å². The molecule has 2 aromatic carbocycles. The first-order valence-electron chi connectivity index (χ1n) is 6.05. The topological polar surface area (TPSA) is 35.5 Å². The lowest BCUT2D eigenvalue weighted by Crippen LogP contribution is -2.07. The number of hydrogen-bond donors (Lipinski definition) is 0. The molecule has 0 radical (unpaired) electrons. The number of halogens is 4. The van der Waals surface area contributed by atoms with Crippen molar-refractivity contribution in [1.82, 2.24) is 0 Å². The van der Waals surface area contributed by atoms with Crippen LogP contribution in [0.15, 0.2) is 42.5 Å². The van der Waals surface area contributed by atoms with Crippen LogP contribution < -0.4 is 4.74 Å². The number of hydrogen-bond acceptors (Lipinski definition) is 3. The second-order valence-corrected chi connectivity index (χ2v) is 4.58. The third-order valence-electron chi connectivity index (χ3n) is 2.78. The standard InChI is InChI=1S/C15H10ClF3O3/c1-21-14(20)9-5-2-3-7-11(9)22-12-8-4-6-10(13(12)16)15(17,18)19/h2-8H,1H3. The Morgan fingerprint density at radius 3 is 2.32 bits per heavy atom. The summed E-state index contributed by atoms with van der Waals surface area (Å²) < 4.78 is 48.4. The van der Waals surface area contributed by atoms with Crippen LogP contribution in [0.25, 0.3) is 0 Å². The summed E-state index contributed by atoms with van der Waals surface area (Å²) in [6, 6.07) is 9.32. The fourth-order valence-electron chi connectivity index (χ4n) is 1.76. The summed E-state index contributed by atoms with van der Waals surface area (Å²) in [6.07, 6.45) is -4.60. The number of para-hydroxylation sites is 1. The summed E-state index contributed by atoms with van der Waals surface area (Å²) in [6.45, 7) is 0. The number of carbonyl (C=O) groups is 1. The van der Waals surface area contributed by atoms with Crippen LogP contribution in [0.1, 0.15) is 15.9 Å². The zero-order valence-electron chi connectivity index (χ0n) is 11.3. The van der Waals surface area contributed by atoms with Crippen molar-refractivity contribution >= 4 is 17.6 Å². The highest BCUT2D eigenvalue weighted by Crippen LogP contribution is 2.41. The van der Waals surface area contributed by atoms with Crippen LogP contribution in [-0.4, -0.2) is 13.1 Å². The quantitative estimate of drug-likeness (QED) is 0.748. The van der Waals surface area contributed by atoms with Crippen molar-refractivity contribution in [2.45, 2.75) is 6.18 Å². The number of ether oxygens (including phenoxy) is 2. The van der Waals surface area contributed by atoms with Gasteiger partial charge in [0.1, 0.15) is 17.1 Å². The van der Waals surface area contributed by atoms with Crippen molar-refractivity contribution < 1.29 is 27.4 Å². The lowest BCUT2D eigenvalue weighted by Gasteiger charge is -2.14. The maximum atomic E-state index is 12.8. The van der Waals surface area contributed by atoms with Crippen LogP contribution in [0.2, 0.25) is 5.02 Å². The first-order valence-corrected chi connectivity index (χ1v) is 6.43. The van der Waals surface area contributed by atoms with Crippen molar-refractivity contribution in [3.8, 4) is 11.5 Å². The van der Waals surface area contributed by atoms with E-state index in [1.807, 2.05) is 0 Å². The Morgan fingerprint density at radius 1 is 1.05 bits per heavy atom. The normalized spacial score (nSPS) is 11.1. The van der Waals surface area contributed by atoms with Gasteiger partial charge >= 0.3 is 12.1 Å². The molecular weight excluding hydrogens is 321 g/mol. The molecule has 0 aromatic heterocycles. The smallest absolute Gasteiger partial charge is 0.417 e. The molecule has 0 saturated heterocycles. The second-order valence-electron chi connectivity index (χ2n) is 4.21. The molecule has 0 fully saturated rings. The van der Waals surface area contributed by atoms with E-state index < -0.39 is 22.7 Å². The molecule has 2 rings (SSSR count). The van der Waals surface area contributed by atoms with Crippen LogP contribution in [0.5, 0.6) is 11.5 Å². The summed E-state index contributed by atoms with van der Waals surface area (Å²) >= 11 is 5.75. The molecule has 2 aromatic rings. The minimum atomic E-state index is -4.60. The molecule has 0 spiro atoms. The molecule has 7 heteroatoms. The first kappa shape index (κ1) is 16.2. The van der Waals surface area contributed by atoms with E-state index in [2.05, 4.69) is 4.74 Å². The van der Waals surface area contributed by atoms with E-state index in [0.717, 1.165) is 6.07 Å². The lowest BCUT2D eigenvalue weighted by atomic mass is 10.2. The third kappa shape index (κ3) is 3.33. The van der Waals surface area contributed by atoms with Gasteiger partial charge in [-0.2, -0.15) is 13.2 Å². The number of esters is 1.